The van der Waals surface area contributed by atoms with E-state index in [0.29, 0.717) is 13.2 Å². The average Bonchev–Trinajstić information content (AvgIpc) is 2.96. The zero-order valence-electron chi connectivity index (χ0n) is 18.1. The van der Waals surface area contributed by atoms with Gasteiger partial charge in [0.2, 0.25) is 0 Å². The molecule has 1 aliphatic rings. The number of aliphatic hydroxyl groups excluding tert-OH is 1. The second kappa shape index (κ2) is 9.99. The van der Waals surface area contributed by atoms with Gasteiger partial charge in [0.05, 0.1) is 7.11 Å². The van der Waals surface area contributed by atoms with Crippen molar-refractivity contribution in [2.45, 2.75) is 33.3 Å². The van der Waals surface area contributed by atoms with Gasteiger partial charge in [0.25, 0.3) is 0 Å². The van der Waals surface area contributed by atoms with Crippen LogP contribution in [-0.4, -0.2) is 62.6 Å². The summed E-state index contributed by atoms with van der Waals surface area (Å²) in [5.41, 5.74) is 4.71. The van der Waals surface area contributed by atoms with E-state index in [2.05, 4.69) is 54.8 Å². The summed E-state index contributed by atoms with van der Waals surface area (Å²) in [6.07, 6.45) is 0.581. The highest BCUT2D eigenvalue weighted by Gasteiger charge is 2.19. The van der Waals surface area contributed by atoms with Gasteiger partial charge in [-0.15, -0.1) is 0 Å². The molecule has 158 valence electrons. The maximum atomic E-state index is 10.6. The fourth-order valence-electron chi connectivity index (χ4n) is 3.88. The Labute approximate surface area is 174 Å². The van der Waals surface area contributed by atoms with Crippen molar-refractivity contribution in [2.24, 2.45) is 0 Å². The Hall–Kier alpha value is -2.24. The van der Waals surface area contributed by atoms with E-state index in [1.807, 2.05) is 12.1 Å². The van der Waals surface area contributed by atoms with E-state index in [0.717, 1.165) is 55.2 Å². The Bertz CT molecular complexity index is 791. The van der Waals surface area contributed by atoms with Crippen molar-refractivity contribution in [1.29, 1.82) is 0 Å². The van der Waals surface area contributed by atoms with Gasteiger partial charge in [0.15, 0.2) is 0 Å². The predicted molar refractivity (Wildman–Crippen MR) is 118 cm³/mol. The van der Waals surface area contributed by atoms with Crippen LogP contribution in [0.5, 0.6) is 11.5 Å². The molecular weight excluding hydrogens is 364 g/mol. The number of β-amino-alcohol motifs (C(OH)–C–C–N with tert-alkyl or cyclic N) is 1. The van der Waals surface area contributed by atoms with Crippen molar-refractivity contribution in [3.63, 3.8) is 0 Å². The van der Waals surface area contributed by atoms with E-state index in [1.54, 1.807) is 7.11 Å². The lowest BCUT2D eigenvalue weighted by atomic mass is 10.1. The topological polar surface area (TPSA) is 45.2 Å². The van der Waals surface area contributed by atoms with Crippen LogP contribution >= 0.6 is 0 Å². The van der Waals surface area contributed by atoms with E-state index in [-0.39, 0.29) is 0 Å². The first-order valence-corrected chi connectivity index (χ1v) is 10.5. The highest BCUT2D eigenvalue weighted by atomic mass is 16.5. The molecule has 0 saturated carbocycles. The minimum atomic E-state index is -0.498. The fourth-order valence-corrected chi connectivity index (χ4v) is 3.88. The van der Waals surface area contributed by atoms with Gasteiger partial charge < -0.3 is 19.5 Å². The zero-order chi connectivity index (χ0) is 20.8. The summed E-state index contributed by atoms with van der Waals surface area (Å²) in [4.78, 5) is 4.75. The first kappa shape index (κ1) is 21.5. The Morgan fingerprint density at radius 1 is 0.931 bits per heavy atom. The van der Waals surface area contributed by atoms with Crippen LogP contribution in [0, 0.1) is 20.8 Å². The number of methoxy groups -OCH3 is 1. The fraction of sp³-hybridized carbons (Fsp3) is 0.500. The molecule has 3 rings (SSSR count). The third-order valence-electron chi connectivity index (χ3n) is 5.79. The smallest absolute Gasteiger partial charge is 0.125 e. The molecular formula is C24H34N2O3. The number of ether oxygens (including phenoxy) is 2. The summed E-state index contributed by atoms with van der Waals surface area (Å²) >= 11 is 0. The molecule has 0 aliphatic carbocycles. The van der Waals surface area contributed by atoms with Crippen molar-refractivity contribution >= 4 is 5.69 Å². The summed E-state index contributed by atoms with van der Waals surface area (Å²) in [7, 11) is 1.69. The van der Waals surface area contributed by atoms with Gasteiger partial charge in [-0.2, -0.15) is 0 Å². The van der Waals surface area contributed by atoms with Crippen molar-refractivity contribution in [3.05, 3.63) is 53.1 Å². The van der Waals surface area contributed by atoms with Gasteiger partial charge >= 0.3 is 0 Å². The molecule has 1 saturated heterocycles. The van der Waals surface area contributed by atoms with E-state index in [9.17, 15) is 5.11 Å². The average molecular weight is 399 g/mol. The largest absolute Gasteiger partial charge is 0.497 e. The van der Waals surface area contributed by atoms with Gasteiger partial charge in [-0.05, 0) is 74.7 Å². The van der Waals surface area contributed by atoms with E-state index in [4.69, 9.17) is 9.47 Å². The number of benzene rings is 2. The Balaban J connectivity index is 1.50. The normalized spacial score (nSPS) is 16.4. The van der Waals surface area contributed by atoms with Gasteiger partial charge in [0.1, 0.15) is 24.2 Å². The summed E-state index contributed by atoms with van der Waals surface area (Å²) in [6, 6.07) is 12.4. The summed E-state index contributed by atoms with van der Waals surface area (Å²) < 4.78 is 11.2. The number of hydrogen-bond acceptors (Lipinski definition) is 5. The highest BCUT2D eigenvalue weighted by molar-refractivity contribution is 5.49. The standard InChI is InChI=1S/C24H34N2O3/c1-18-6-7-19(2)24(20(18)3)29-17-22(27)16-25-12-5-13-26(15-14-25)21-8-10-23(28-4)11-9-21/h6-11,22,27H,5,12-17H2,1-4H3/t22-/m0/s1. The molecule has 5 heteroatoms. The zero-order valence-corrected chi connectivity index (χ0v) is 18.1. The predicted octanol–water partition coefficient (Wildman–Crippen LogP) is 3.57. The van der Waals surface area contributed by atoms with Crippen LogP contribution in [-0.2, 0) is 0 Å². The summed E-state index contributed by atoms with van der Waals surface area (Å²) in [6.45, 7) is 11.1. The van der Waals surface area contributed by atoms with E-state index < -0.39 is 6.10 Å². The van der Waals surface area contributed by atoms with Crippen LogP contribution in [0.4, 0.5) is 5.69 Å². The number of nitrogens with zero attached hydrogens (tertiary/aromatic N) is 2. The molecule has 1 N–H and O–H groups in total. The lowest BCUT2D eigenvalue weighted by Gasteiger charge is -2.25. The van der Waals surface area contributed by atoms with Crippen molar-refractivity contribution < 1.29 is 14.6 Å². The van der Waals surface area contributed by atoms with Crippen LogP contribution in [0.1, 0.15) is 23.1 Å². The van der Waals surface area contributed by atoms with Crippen molar-refractivity contribution in [2.75, 3.05) is 51.3 Å². The van der Waals surface area contributed by atoms with Crippen molar-refractivity contribution in [1.82, 2.24) is 4.90 Å². The third kappa shape index (κ3) is 5.64. The minimum absolute atomic E-state index is 0.323. The lowest BCUT2D eigenvalue weighted by Crippen LogP contribution is -2.38. The van der Waals surface area contributed by atoms with Crippen molar-refractivity contribution in [3.8, 4) is 11.5 Å². The van der Waals surface area contributed by atoms with Crippen LogP contribution < -0.4 is 14.4 Å². The molecule has 2 aromatic rings. The molecule has 0 amide bonds. The molecule has 0 bridgehead atoms. The molecule has 1 atom stereocenters. The molecule has 2 aromatic carbocycles. The van der Waals surface area contributed by atoms with Gasteiger partial charge in [-0.3, -0.25) is 4.90 Å². The first-order valence-electron chi connectivity index (χ1n) is 10.5. The molecule has 0 radical (unpaired) electrons. The molecule has 0 unspecified atom stereocenters. The van der Waals surface area contributed by atoms with Crippen LogP contribution in [0.25, 0.3) is 0 Å². The molecule has 1 aliphatic heterocycles. The van der Waals surface area contributed by atoms with Gasteiger partial charge in [-0.25, -0.2) is 0 Å². The third-order valence-corrected chi connectivity index (χ3v) is 5.79. The lowest BCUT2D eigenvalue weighted by molar-refractivity contribution is 0.0700. The first-order chi connectivity index (χ1) is 14.0. The Morgan fingerprint density at radius 2 is 1.66 bits per heavy atom. The Kier molecular flexibility index (Phi) is 7.40. The summed E-state index contributed by atoms with van der Waals surface area (Å²) in [5, 5.41) is 10.6. The number of rotatable bonds is 7. The van der Waals surface area contributed by atoms with Crippen LogP contribution in [0.15, 0.2) is 36.4 Å². The SMILES string of the molecule is COc1ccc(N2CCCN(C[C@H](O)COc3c(C)ccc(C)c3C)CC2)cc1. The van der Waals surface area contributed by atoms with Crippen LogP contribution in [0.3, 0.4) is 0 Å². The molecule has 5 nitrogen and oxygen atoms in total. The van der Waals surface area contributed by atoms with Crippen LogP contribution in [0.2, 0.25) is 0 Å². The molecule has 29 heavy (non-hydrogen) atoms. The molecule has 0 aromatic heterocycles. The monoisotopic (exact) mass is 398 g/mol. The maximum absolute atomic E-state index is 10.6. The maximum Gasteiger partial charge on any atom is 0.125 e. The summed E-state index contributed by atoms with van der Waals surface area (Å²) in [5.74, 6) is 1.79. The Morgan fingerprint density at radius 3 is 2.38 bits per heavy atom. The minimum Gasteiger partial charge on any atom is -0.497 e. The molecule has 0 spiro atoms. The van der Waals surface area contributed by atoms with Gasteiger partial charge in [-0.1, -0.05) is 12.1 Å². The number of hydrogen-bond donors (Lipinski definition) is 1. The molecule has 1 heterocycles. The van der Waals surface area contributed by atoms with Gasteiger partial charge in [0, 0.05) is 31.9 Å². The highest BCUT2D eigenvalue weighted by Crippen LogP contribution is 2.26. The van der Waals surface area contributed by atoms with E-state index >= 15 is 0 Å². The quantitative estimate of drug-likeness (QED) is 0.773. The molecule has 1 fully saturated rings. The second-order valence-corrected chi connectivity index (χ2v) is 7.96. The van der Waals surface area contributed by atoms with E-state index in [1.165, 1.54) is 11.3 Å². The second-order valence-electron chi connectivity index (χ2n) is 7.96. The number of aliphatic hydroxyl groups is 1. The number of aryl methyl sites for hydroxylation is 2. The number of anilines is 1.